The normalized spacial score (nSPS) is 19.1. The number of carbonyl (C=O) groups excluding carboxylic acids is 1. The molecule has 2 unspecified atom stereocenters. The quantitative estimate of drug-likeness (QED) is 0.881. The van der Waals surface area contributed by atoms with Crippen LogP contribution in [-0.4, -0.2) is 12.5 Å². The van der Waals surface area contributed by atoms with Crippen LogP contribution in [0.1, 0.15) is 68.5 Å². The van der Waals surface area contributed by atoms with Crippen LogP contribution in [0, 0.1) is 19.3 Å². The van der Waals surface area contributed by atoms with E-state index in [1.807, 2.05) is 27.7 Å². The lowest BCUT2D eigenvalue weighted by molar-refractivity contribution is -0.129. The molecule has 1 aromatic carbocycles. The van der Waals surface area contributed by atoms with Crippen LogP contribution in [0.5, 0.6) is 5.75 Å². The number of hydrogen-bond acceptors (Lipinski definition) is 3. The second-order valence-corrected chi connectivity index (χ2v) is 7.34. The molecule has 1 aromatic rings. The molecule has 122 valence electrons. The van der Waals surface area contributed by atoms with E-state index in [2.05, 4.69) is 25.2 Å². The van der Waals surface area contributed by atoms with Gasteiger partial charge in [0.25, 0.3) is 0 Å². The van der Waals surface area contributed by atoms with E-state index in [0.29, 0.717) is 6.61 Å². The van der Waals surface area contributed by atoms with E-state index in [1.165, 1.54) is 5.56 Å². The number of nitrogens with one attached hydrogen (secondary N) is 1. The zero-order valence-electron chi connectivity index (χ0n) is 14.5. The van der Waals surface area contributed by atoms with Crippen molar-refractivity contribution < 1.29 is 9.53 Å². The minimum Gasteiger partial charge on any atom is -0.493 e. The van der Waals surface area contributed by atoms with Crippen molar-refractivity contribution in [3.63, 3.8) is 0 Å². The van der Waals surface area contributed by atoms with Gasteiger partial charge in [0.15, 0.2) is 0 Å². The molecule has 3 N–H and O–H groups in total. The smallest absolute Gasteiger partial charge is 0.225 e. The Labute approximate surface area is 133 Å². The largest absolute Gasteiger partial charge is 0.493 e. The highest BCUT2D eigenvalue weighted by Gasteiger charge is 2.30. The molecule has 2 atom stereocenters. The number of rotatable bonds is 2. The molecule has 4 nitrogen and oxygen atoms in total. The third kappa shape index (κ3) is 3.12. The molecule has 4 heteroatoms. The van der Waals surface area contributed by atoms with Crippen LogP contribution in [0.25, 0.3) is 0 Å². The first-order chi connectivity index (χ1) is 10.1. The number of benzene rings is 1. The lowest BCUT2D eigenvalue weighted by Crippen LogP contribution is -2.39. The molecule has 1 aliphatic heterocycles. The van der Waals surface area contributed by atoms with E-state index in [4.69, 9.17) is 10.5 Å². The van der Waals surface area contributed by atoms with Gasteiger partial charge < -0.3 is 15.8 Å². The second-order valence-electron chi connectivity index (χ2n) is 7.34. The van der Waals surface area contributed by atoms with Gasteiger partial charge in [-0.3, -0.25) is 4.79 Å². The van der Waals surface area contributed by atoms with Crippen molar-refractivity contribution in [3.05, 3.63) is 28.3 Å². The van der Waals surface area contributed by atoms with E-state index in [-0.39, 0.29) is 18.0 Å². The van der Waals surface area contributed by atoms with Gasteiger partial charge in [-0.05, 0) is 43.5 Å². The van der Waals surface area contributed by atoms with Gasteiger partial charge in [0, 0.05) is 23.4 Å². The number of amides is 1. The number of hydrogen-bond donors (Lipinski definition) is 2. The lowest BCUT2D eigenvalue weighted by atomic mass is 9.88. The Bertz CT molecular complexity index is 586. The third-order valence-electron chi connectivity index (χ3n) is 4.41. The van der Waals surface area contributed by atoms with Crippen molar-refractivity contribution in [2.24, 2.45) is 11.1 Å². The topological polar surface area (TPSA) is 64.3 Å². The molecule has 0 saturated heterocycles. The Morgan fingerprint density at radius 3 is 2.55 bits per heavy atom. The molecule has 0 fully saturated rings. The minimum absolute atomic E-state index is 0.00715. The first kappa shape index (κ1) is 16.8. The third-order valence-corrected chi connectivity index (χ3v) is 4.41. The SMILES string of the molecule is Cc1c(C(C)N)cc2c(c1C)OCCC2NC(=O)C(C)(C)C. The van der Waals surface area contributed by atoms with Crippen molar-refractivity contribution >= 4 is 5.91 Å². The Hall–Kier alpha value is -1.55. The van der Waals surface area contributed by atoms with Gasteiger partial charge in [0.05, 0.1) is 12.6 Å². The first-order valence-electron chi connectivity index (χ1n) is 7.96. The van der Waals surface area contributed by atoms with Crippen LogP contribution < -0.4 is 15.8 Å². The Balaban J connectivity index is 2.43. The molecular formula is C18H28N2O2. The van der Waals surface area contributed by atoms with Crippen molar-refractivity contribution in [3.8, 4) is 5.75 Å². The summed E-state index contributed by atoms with van der Waals surface area (Å²) in [5, 5.41) is 3.17. The summed E-state index contributed by atoms with van der Waals surface area (Å²) >= 11 is 0. The fraction of sp³-hybridized carbons (Fsp3) is 0.611. The first-order valence-corrected chi connectivity index (χ1v) is 7.96. The maximum atomic E-state index is 12.3. The Kier molecular flexibility index (Phi) is 4.52. The number of carbonyl (C=O) groups is 1. The Morgan fingerprint density at radius 1 is 1.36 bits per heavy atom. The minimum atomic E-state index is -0.401. The van der Waals surface area contributed by atoms with Crippen LogP contribution >= 0.6 is 0 Å². The summed E-state index contributed by atoms with van der Waals surface area (Å²) < 4.78 is 5.88. The predicted molar refractivity (Wildman–Crippen MR) is 89.0 cm³/mol. The summed E-state index contributed by atoms with van der Waals surface area (Å²) in [6.45, 7) is 12.5. The van der Waals surface area contributed by atoms with Crippen molar-refractivity contribution in [1.29, 1.82) is 0 Å². The van der Waals surface area contributed by atoms with E-state index in [9.17, 15) is 4.79 Å². The summed E-state index contributed by atoms with van der Waals surface area (Å²) in [7, 11) is 0. The van der Waals surface area contributed by atoms with Crippen LogP contribution in [0.3, 0.4) is 0 Å². The molecule has 1 heterocycles. The summed E-state index contributed by atoms with van der Waals surface area (Å²) in [6, 6.07) is 2.06. The standard InChI is InChI=1S/C18H28N2O2/c1-10-11(2)16-14(9-13(10)12(3)19)15(7-8-22-16)20-17(21)18(4,5)6/h9,12,15H,7-8,19H2,1-6H3,(H,20,21). The second kappa shape index (κ2) is 5.92. The number of ether oxygens (including phenoxy) is 1. The molecule has 0 bridgehead atoms. The van der Waals surface area contributed by atoms with Crippen LogP contribution in [-0.2, 0) is 4.79 Å². The fourth-order valence-electron chi connectivity index (χ4n) is 2.83. The molecule has 0 radical (unpaired) electrons. The molecule has 1 aliphatic rings. The van der Waals surface area contributed by atoms with Crippen molar-refractivity contribution in [2.75, 3.05) is 6.61 Å². The number of fused-ring (bicyclic) bond motifs is 1. The van der Waals surface area contributed by atoms with Gasteiger partial charge in [0.2, 0.25) is 5.91 Å². The van der Waals surface area contributed by atoms with Gasteiger partial charge >= 0.3 is 0 Å². The summed E-state index contributed by atoms with van der Waals surface area (Å²) in [6.07, 6.45) is 0.787. The van der Waals surface area contributed by atoms with Gasteiger partial charge in [-0.25, -0.2) is 0 Å². The monoisotopic (exact) mass is 304 g/mol. The van der Waals surface area contributed by atoms with Gasteiger partial charge in [-0.15, -0.1) is 0 Å². The van der Waals surface area contributed by atoms with Crippen molar-refractivity contribution in [1.82, 2.24) is 5.32 Å². The zero-order valence-corrected chi connectivity index (χ0v) is 14.5. The highest BCUT2D eigenvalue weighted by atomic mass is 16.5. The summed E-state index contributed by atoms with van der Waals surface area (Å²) in [4.78, 5) is 12.3. The highest BCUT2D eigenvalue weighted by molar-refractivity contribution is 5.82. The maximum Gasteiger partial charge on any atom is 0.225 e. The van der Waals surface area contributed by atoms with E-state index < -0.39 is 5.41 Å². The summed E-state index contributed by atoms with van der Waals surface area (Å²) in [5.74, 6) is 0.971. The molecule has 2 rings (SSSR count). The molecule has 0 aromatic heterocycles. The molecule has 0 aliphatic carbocycles. The molecule has 22 heavy (non-hydrogen) atoms. The molecule has 1 amide bonds. The van der Waals surface area contributed by atoms with E-state index in [0.717, 1.165) is 28.9 Å². The zero-order chi connectivity index (χ0) is 16.7. The van der Waals surface area contributed by atoms with Crippen LogP contribution in [0.2, 0.25) is 0 Å². The molecule has 0 spiro atoms. The number of nitrogens with two attached hydrogens (primary N) is 1. The van der Waals surface area contributed by atoms with Crippen molar-refractivity contribution in [2.45, 2.75) is 60.0 Å². The maximum absolute atomic E-state index is 12.3. The van der Waals surface area contributed by atoms with E-state index >= 15 is 0 Å². The van der Waals surface area contributed by atoms with Crippen LogP contribution in [0.15, 0.2) is 6.07 Å². The van der Waals surface area contributed by atoms with Gasteiger partial charge in [0.1, 0.15) is 5.75 Å². The Morgan fingerprint density at radius 2 is 2.00 bits per heavy atom. The van der Waals surface area contributed by atoms with Gasteiger partial charge in [-0.1, -0.05) is 20.8 Å². The van der Waals surface area contributed by atoms with E-state index in [1.54, 1.807) is 0 Å². The van der Waals surface area contributed by atoms with Crippen LogP contribution in [0.4, 0.5) is 0 Å². The average molecular weight is 304 g/mol. The highest BCUT2D eigenvalue weighted by Crippen LogP contribution is 2.39. The lowest BCUT2D eigenvalue weighted by Gasteiger charge is -2.32. The molecular weight excluding hydrogens is 276 g/mol. The summed E-state index contributed by atoms with van der Waals surface area (Å²) in [5.41, 5.74) is 10.2. The molecule has 0 saturated carbocycles. The average Bonchev–Trinajstić information content (AvgIpc) is 2.41. The van der Waals surface area contributed by atoms with Gasteiger partial charge in [-0.2, -0.15) is 0 Å². The predicted octanol–water partition coefficient (Wildman–Crippen LogP) is 3.31. The fourth-order valence-corrected chi connectivity index (χ4v) is 2.83.